The second kappa shape index (κ2) is 15.7. The van der Waals surface area contributed by atoms with Gasteiger partial charge < -0.3 is 26.6 Å². The molecule has 3 aromatic rings. The van der Waals surface area contributed by atoms with Crippen LogP contribution in [-0.4, -0.2) is 62.6 Å². The molecule has 6 N–H and O–H groups in total. The van der Waals surface area contributed by atoms with Crippen LogP contribution in [0.1, 0.15) is 38.7 Å². The maximum atomic E-state index is 13.4. The summed E-state index contributed by atoms with van der Waals surface area (Å²) in [6.45, 7) is 4.26. The molecule has 0 aromatic heterocycles. The number of aliphatic hydroxyl groups excluding tert-OH is 1. The Labute approximate surface area is 249 Å². The number of nitrogens with one attached hydrogen (secondary N) is 1. The fourth-order valence-corrected chi connectivity index (χ4v) is 6.64. The van der Waals surface area contributed by atoms with Crippen LogP contribution >= 0.6 is 0 Å². The summed E-state index contributed by atoms with van der Waals surface area (Å²) in [4.78, 5) is 12.9. The number of sulfonamides is 1. The highest BCUT2D eigenvalue weighted by Crippen LogP contribution is 2.27. The third kappa shape index (κ3) is 9.03. The van der Waals surface area contributed by atoms with E-state index in [1.807, 2.05) is 62.4 Å². The summed E-state index contributed by atoms with van der Waals surface area (Å²) in [6.07, 6.45) is 2.07. The summed E-state index contributed by atoms with van der Waals surface area (Å²) >= 11 is 0. The van der Waals surface area contributed by atoms with Gasteiger partial charge >= 0.3 is 0 Å². The summed E-state index contributed by atoms with van der Waals surface area (Å²) in [6, 6.07) is 20.4. The van der Waals surface area contributed by atoms with Crippen molar-refractivity contribution >= 4 is 21.6 Å². The van der Waals surface area contributed by atoms with Crippen LogP contribution in [-0.2, 0) is 21.2 Å². The predicted octanol–water partition coefficient (Wildman–Crippen LogP) is 3.81. The molecule has 2 atom stereocenters. The molecule has 0 saturated carbocycles. The second-order valence-corrected chi connectivity index (χ2v) is 12.7. The van der Waals surface area contributed by atoms with Gasteiger partial charge in [0.1, 0.15) is 5.75 Å². The van der Waals surface area contributed by atoms with Gasteiger partial charge in [-0.1, -0.05) is 56.7 Å². The first-order valence-electron chi connectivity index (χ1n) is 14.3. The Morgan fingerprint density at radius 1 is 1.00 bits per heavy atom. The summed E-state index contributed by atoms with van der Waals surface area (Å²) in [5, 5.41) is 13.0. The van der Waals surface area contributed by atoms with Gasteiger partial charge in [-0.05, 0) is 78.3 Å². The number of methoxy groups -OCH3 is 1. The molecule has 3 aromatic carbocycles. The monoisotopic (exact) mass is 596 g/mol. The number of nitrogens with zero attached hydrogens (tertiary/aromatic N) is 1. The fourth-order valence-electron chi connectivity index (χ4n) is 4.83. The molecule has 0 bridgehead atoms. The van der Waals surface area contributed by atoms with E-state index in [1.165, 1.54) is 16.4 Å². The number of aliphatic hydroxyl groups is 1. The molecule has 2 unspecified atom stereocenters. The van der Waals surface area contributed by atoms with Crippen molar-refractivity contribution in [1.82, 2.24) is 9.62 Å². The molecular formula is C32H44N4O5S. The van der Waals surface area contributed by atoms with E-state index >= 15 is 0 Å². The zero-order valence-corrected chi connectivity index (χ0v) is 25.5. The quantitative estimate of drug-likeness (QED) is 0.145. The van der Waals surface area contributed by atoms with E-state index in [0.717, 1.165) is 22.4 Å². The Bertz CT molecular complexity index is 1380. The number of carbonyl (C=O) groups excluding carboxylic acids is 1. The molecule has 0 aliphatic heterocycles. The van der Waals surface area contributed by atoms with Crippen LogP contribution in [0.3, 0.4) is 0 Å². The number of amides is 1. The van der Waals surface area contributed by atoms with Crippen molar-refractivity contribution in [2.75, 3.05) is 32.5 Å². The number of nitrogens with two attached hydrogens (primary N) is 2. The summed E-state index contributed by atoms with van der Waals surface area (Å²) < 4.78 is 33.5. The molecule has 9 nitrogen and oxygen atoms in total. The molecule has 0 aliphatic carbocycles. The lowest BCUT2D eigenvalue weighted by Gasteiger charge is -2.31. The zero-order valence-electron chi connectivity index (χ0n) is 24.7. The standard InChI is InChI=1S/C32H44N4O5S/c1-23(2)21-36(42(39,40)29-17-13-26(33)14-18-29)27(22-37)9-6-7-19-35-32(38)31(34)20-25-8-4-5-10-30(25)24-11-15-28(41-3)16-12-24/h4-5,8,10-18,23,27,31,37H,6-7,9,19-22,33-34H2,1-3H3,(H,35,38). The number of benzene rings is 3. The molecule has 10 heteroatoms. The molecule has 1 amide bonds. The minimum absolute atomic E-state index is 0.0678. The molecule has 3 rings (SSSR count). The molecule has 0 aliphatic rings. The van der Waals surface area contributed by atoms with Gasteiger partial charge in [-0.25, -0.2) is 8.42 Å². The number of anilines is 1. The van der Waals surface area contributed by atoms with Gasteiger partial charge in [0.15, 0.2) is 0 Å². The molecule has 0 saturated heterocycles. The number of unbranched alkanes of at least 4 members (excludes halogenated alkanes) is 1. The van der Waals surface area contributed by atoms with Crippen LogP contribution in [0.5, 0.6) is 5.75 Å². The van der Waals surface area contributed by atoms with E-state index in [4.69, 9.17) is 16.2 Å². The zero-order chi connectivity index (χ0) is 30.7. The number of nitrogen functional groups attached to an aromatic ring is 1. The van der Waals surface area contributed by atoms with Gasteiger partial charge in [0.05, 0.1) is 24.7 Å². The van der Waals surface area contributed by atoms with Gasteiger partial charge in [0.2, 0.25) is 15.9 Å². The van der Waals surface area contributed by atoms with Crippen molar-refractivity contribution in [3.8, 4) is 16.9 Å². The van der Waals surface area contributed by atoms with E-state index in [9.17, 15) is 18.3 Å². The number of hydrogen-bond acceptors (Lipinski definition) is 7. The van der Waals surface area contributed by atoms with E-state index in [2.05, 4.69) is 5.32 Å². The van der Waals surface area contributed by atoms with E-state index in [0.29, 0.717) is 37.9 Å². The Balaban J connectivity index is 1.54. The topological polar surface area (TPSA) is 148 Å². The highest BCUT2D eigenvalue weighted by atomic mass is 32.2. The van der Waals surface area contributed by atoms with Gasteiger partial charge in [-0.3, -0.25) is 4.79 Å². The first-order valence-corrected chi connectivity index (χ1v) is 15.7. The largest absolute Gasteiger partial charge is 0.497 e. The molecule has 0 heterocycles. The van der Waals surface area contributed by atoms with Crippen molar-refractivity contribution in [2.24, 2.45) is 11.7 Å². The SMILES string of the molecule is COc1ccc(-c2ccccc2CC(N)C(=O)NCCCCC(CO)N(CC(C)C)S(=O)(=O)c2ccc(N)cc2)cc1. The number of carbonyl (C=O) groups is 1. The average molecular weight is 597 g/mol. The summed E-state index contributed by atoms with van der Waals surface area (Å²) in [5.41, 5.74) is 15.5. The van der Waals surface area contributed by atoms with Gasteiger partial charge in [-0.15, -0.1) is 0 Å². The summed E-state index contributed by atoms with van der Waals surface area (Å²) in [5.74, 6) is 0.595. The van der Waals surface area contributed by atoms with Crippen molar-refractivity contribution < 1.29 is 23.1 Å². The smallest absolute Gasteiger partial charge is 0.243 e. The molecule has 0 spiro atoms. The van der Waals surface area contributed by atoms with Crippen molar-refractivity contribution in [3.63, 3.8) is 0 Å². The minimum atomic E-state index is -3.82. The Kier molecular flexibility index (Phi) is 12.4. The third-order valence-electron chi connectivity index (χ3n) is 7.11. The number of rotatable bonds is 16. The maximum absolute atomic E-state index is 13.4. The lowest BCUT2D eigenvalue weighted by atomic mass is 9.95. The first kappa shape index (κ1) is 33.1. The van der Waals surface area contributed by atoms with Crippen molar-refractivity contribution in [2.45, 2.75) is 56.5 Å². The first-order chi connectivity index (χ1) is 20.1. The maximum Gasteiger partial charge on any atom is 0.243 e. The number of hydrogen-bond donors (Lipinski definition) is 4. The number of ether oxygens (including phenoxy) is 1. The van der Waals surface area contributed by atoms with Gasteiger partial charge in [-0.2, -0.15) is 4.31 Å². The molecule has 42 heavy (non-hydrogen) atoms. The van der Waals surface area contributed by atoms with Crippen molar-refractivity contribution in [1.29, 1.82) is 0 Å². The van der Waals surface area contributed by atoms with Gasteiger partial charge in [0.25, 0.3) is 0 Å². The van der Waals surface area contributed by atoms with Gasteiger partial charge in [0, 0.05) is 24.8 Å². The lowest BCUT2D eigenvalue weighted by molar-refractivity contribution is -0.122. The van der Waals surface area contributed by atoms with Crippen LogP contribution in [0.15, 0.2) is 77.7 Å². The van der Waals surface area contributed by atoms with Crippen LogP contribution in [0.2, 0.25) is 0 Å². The molecule has 0 radical (unpaired) electrons. The Morgan fingerprint density at radius 2 is 1.67 bits per heavy atom. The normalized spacial score (nSPS) is 13.2. The Morgan fingerprint density at radius 3 is 2.29 bits per heavy atom. The highest BCUT2D eigenvalue weighted by Gasteiger charge is 2.31. The highest BCUT2D eigenvalue weighted by molar-refractivity contribution is 7.89. The Hall–Kier alpha value is -3.44. The molecule has 0 fully saturated rings. The van der Waals surface area contributed by atoms with Crippen LogP contribution < -0.4 is 21.5 Å². The summed E-state index contributed by atoms with van der Waals surface area (Å²) in [7, 11) is -2.20. The van der Waals surface area contributed by atoms with E-state index in [-0.39, 0.29) is 29.9 Å². The van der Waals surface area contributed by atoms with Crippen molar-refractivity contribution in [3.05, 3.63) is 78.4 Å². The second-order valence-electron chi connectivity index (χ2n) is 10.9. The lowest BCUT2D eigenvalue weighted by Crippen LogP contribution is -2.44. The minimum Gasteiger partial charge on any atom is -0.497 e. The van der Waals surface area contributed by atoms with E-state index in [1.54, 1.807) is 19.2 Å². The third-order valence-corrected chi connectivity index (χ3v) is 9.04. The van der Waals surface area contributed by atoms with Crippen LogP contribution in [0.4, 0.5) is 5.69 Å². The molecule has 228 valence electrons. The average Bonchev–Trinajstić information content (AvgIpc) is 2.98. The van der Waals surface area contributed by atoms with Crippen LogP contribution in [0, 0.1) is 5.92 Å². The van der Waals surface area contributed by atoms with E-state index < -0.39 is 22.1 Å². The van der Waals surface area contributed by atoms with Crippen LogP contribution in [0.25, 0.3) is 11.1 Å². The molecular weight excluding hydrogens is 552 g/mol. The fraction of sp³-hybridized carbons (Fsp3) is 0.406. The predicted molar refractivity (Wildman–Crippen MR) is 167 cm³/mol.